The minimum absolute atomic E-state index is 0.149. The quantitative estimate of drug-likeness (QED) is 0.432. The number of carbonyl (C=O) groups excluding carboxylic acids is 1. The molecule has 31 heavy (non-hydrogen) atoms. The molecule has 3 aromatic rings. The third kappa shape index (κ3) is 4.17. The third-order valence-electron chi connectivity index (χ3n) is 5.43. The highest BCUT2D eigenvalue weighted by Gasteiger charge is 2.22. The number of Topliss-reactive ketones (excluding diaryl/α,β-unsaturated/α-hetero) is 1. The van der Waals surface area contributed by atoms with E-state index in [0.29, 0.717) is 11.1 Å². The van der Waals surface area contributed by atoms with E-state index in [9.17, 15) is 13.2 Å². The number of anilines is 1. The lowest BCUT2D eigenvalue weighted by Gasteiger charge is -2.17. The standard InChI is InChI=1S/C25H24N2O3S/c1-26(2)31(29,30)22-14-12-21(13-15-22)25(28)23(19-8-4-3-5-9-19)18-27-17-16-20-10-6-7-11-24(20)27/h3-15,18H,16-17H2,1-2H3/b23-18+. The number of nitrogens with zero attached hydrogens (tertiary/aromatic N) is 2. The summed E-state index contributed by atoms with van der Waals surface area (Å²) >= 11 is 0. The molecule has 0 aromatic heterocycles. The zero-order valence-electron chi connectivity index (χ0n) is 17.5. The van der Waals surface area contributed by atoms with Crippen LogP contribution in [0.25, 0.3) is 5.57 Å². The van der Waals surface area contributed by atoms with E-state index >= 15 is 0 Å². The van der Waals surface area contributed by atoms with Crippen molar-refractivity contribution in [2.45, 2.75) is 11.3 Å². The highest BCUT2D eigenvalue weighted by Crippen LogP contribution is 2.30. The normalized spacial score (nSPS) is 14.0. The second-order valence-electron chi connectivity index (χ2n) is 7.62. The van der Waals surface area contributed by atoms with E-state index in [-0.39, 0.29) is 10.7 Å². The molecule has 158 valence electrons. The van der Waals surface area contributed by atoms with Crippen molar-refractivity contribution in [2.24, 2.45) is 0 Å². The van der Waals surface area contributed by atoms with Crippen LogP contribution in [0.5, 0.6) is 0 Å². The van der Waals surface area contributed by atoms with Gasteiger partial charge < -0.3 is 4.90 Å². The Kier molecular flexibility index (Phi) is 5.76. The fourth-order valence-corrected chi connectivity index (χ4v) is 4.58. The van der Waals surface area contributed by atoms with Crippen molar-refractivity contribution in [1.82, 2.24) is 4.31 Å². The number of sulfonamides is 1. The third-order valence-corrected chi connectivity index (χ3v) is 7.26. The second kappa shape index (κ2) is 8.49. The van der Waals surface area contributed by atoms with Gasteiger partial charge in [-0.1, -0.05) is 48.5 Å². The van der Waals surface area contributed by atoms with Gasteiger partial charge in [-0.15, -0.1) is 0 Å². The number of carbonyl (C=O) groups is 1. The summed E-state index contributed by atoms with van der Waals surface area (Å²) in [7, 11) is -0.575. The van der Waals surface area contributed by atoms with Gasteiger partial charge in [0.25, 0.3) is 0 Å². The molecule has 0 aliphatic carbocycles. The molecule has 0 amide bonds. The molecule has 0 fully saturated rings. The van der Waals surface area contributed by atoms with Gasteiger partial charge in [-0.3, -0.25) is 4.79 Å². The molecule has 1 aliphatic rings. The molecule has 0 saturated heterocycles. The van der Waals surface area contributed by atoms with Crippen LogP contribution >= 0.6 is 0 Å². The maximum Gasteiger partial charge on any atom is 0.242 e. The summed E-state index contributed by atoms with van der Waals surface area (Å²) in [5, 5.41) is 0. The van der Waals surface area contributed by atoms with Crippen molar-refractivity contribution >= 4 is 27.1 Å². The summed E-state index contributed by atoms with van der Waals surface area (Å²) in [6.07, 6.45) is 2.84. The molecule has 3 aromatic carbocycles. The number of benzene rings is 3. The minimum Gasteiger partial charge on any atom is -0.347 e. The molecule has 1 heterocycles. The van der Waals surface area contributed by atoms with E-state index in [1.165, 1.54) is 31.8 Å². The lowest BCUT2D eigenvalue weighted by Crippen LogP contribution is -2.22. The molecular weight excluding hydrogens is 408 g/mol. The Labute approximate surface area is 183 Å². The number of hydrogen-bond donors (Lipinski definition) is 0. The number of fused-ring (bicyclic) bond motifs is 1. The maximum absolute atomic E-state index is 13.5. The van der Waals surface area contributed by atoms with Crippen LogP contribution in [0.1, 0.15) is 21.5 Å². The SMILES string of the molecule is CN(C)S(=O)(=O)c1ccc(C(=O)/C(=C/N2CCc3ccccc32)c2ccccc2)cc1. The predicted molar refractivity (Wildman–Crippen MR) is 124 cm³/mol. The summed E-state index contributed by atoms with van der Waals surface area (Å²) in [6, 6.07) is 23.9. The average Bonchev–Trinajstić information content (AvgIpc) is 3.20. The Hall–Kier alpha value is -3.22. The molecule has 0 spiro atoms. The van der Waals surface area contributed by atoms with Crippen LogP contribution in [0.15, 0.2) is 90.0 Å². The lowest BCUT2D eigenvalue weighted by atomic mass is 9.97. The van der Waals surface area contributed by atoms with Crippen LogP contribution in [0, 0.1) is 0 Å². The Morgan fingerprint density at radius 1 is 0.871 bits per heavy atom. The van der Waals surface area contributed by atoms with Crippen molar-refractivity contribution in [3.05, 3.63) is 102 Å². The van der Waals surface area contributed by atoms with Gasteiger partial charge in [0.1, 0.15) is 0 Å². The van der Waals surface area contributed by atoms with Gasteiger partial charge in [0.05, 0.1) is 4.90 Å². The summed E-state index contributed by atoms with van der Waals surface area (Å²) in [5.41, 5.74) is 4.20. The van der Waals surface area contributed by atoms with Gasteiger partial charge in [-0.25, -0.2) is 12.7 Å². The molecule has 1 aliphatic heterocycles. The summed E-state index contributed by atoms with van der Waals surface area (Å²) in [6.45, 7) is 0.809. The molecule has 0 N–H and O–H groups in total. The Morgan fingerprint density at radius 3 is 2.19 bits per heavy atom. The van der Waals surface area contributed by atoms with Crippen LogP contribution in [-0.4, -0.2) is 39.1 Å². The van der Waals surface area contributed by atoms with Crippen molar-refractivity contribution in [2.75, 3.05) is 25.5 Å². The maximum atomic E-state index is 13.5. The van der Waals surface area contributed by atoms with Crippen molar-refractivity contribution in [1.29, 1.82) is 0 Å². The number of ketones is 1. The van der Waals surface area contributed by atoms with Crippen LogP contribution in [0.3, 0.4) is 0 Å². The van der Waals surface area contributed by atoms with E-state index in [2.05, 4.69) is 17.0 Å². The van der Waals surface area contributed by atoms with Crippen LogP contribution in [0.2, 0.25) is 0 Å². The molecule has 0 saturated carbocycles. The first kappa shape index (κ1) is 21.0. The van der Waals surface area contributed by atoms with Crippen LogP contribution in [-0.2, 0) is 16.4 Å². The average molecular weight is 433 g/mol. The fourth-order valence-electron chi connectivity index (χ4n) is 3.68. The zero-order valence-corrected chi connectivity index (χ0v) is 18.3. The predicted octanol–water partition coefficient (Wildman–Crippen LogP) is 4.22. The lowest BCUT2D eigenvalue weighted by molar-refractivity contribution is 0.105. The summed E-state index contributed by atoms with van der Waals surface area (Å²) < 4.78 is 25.8. The first-order chi connectivity index (χ1) is 14.9. The second-order valence-corrected chi connectivity index (χ2v) is 9.77. The van der Waals surface area contributed by atoms with E-state index in [4.69, 9.17) is 0 Å². The number of allylic oxidation sites excluding steroid dienone is 1. The minimum atomic E-state index is -3.54. The molecule has 0 unspecified atom stereocenters. The van der Waals surface area contributed by atoms with Gasteiger partial charge in [-0.2, -0.15) is 0 Å². The largest absolute Gasteiger partial charge is 0.347 e. The van der Waals surface area contributed by atoms with Gasteiger partial charge in [-0.05, 0) is 47.9 Å². The zero-order chi connectivity index (χ0) is 22.0. The molecule has 0 radical (unpaired) electrons. The monoisotopic (exact) mass is 432 g/mol. The fraction of sp³-hybridized carbons (Fsp3) is 0.160. The van der Waals surface area contributed by atoms with Gasteiger partial charge >= 0.3 is 0 Å². The van der Waals surface area contributed by atoms with E-state index in [1.807, 2.05) is 48.7 Å². The highest BCUT2D eigenvalue weighted by molar-refractivity contribution is 7.89. The number of rotatable bonds is 6. The number of hydrogen-bond acceptors (Lipinski definition) is 4. The van der Waals surface area contributed by atoms with Gasteiger partial charge in [0, 0.05) is 43.7 Å². The molecule has 0 atom stereocenters. The molecular formula is C25H24N2O3S. The first-order valence-corrected chi connectivity index (χ1v) is 11.5. The van der Waals surface area contributed by atoms with E-state index < -0.39 is 10.0 Å². The summed E-state index contributed by atoms with van der Waals surface area (Å²) in [5.74, 6) is -0.149. The van der Waals surface area contributed by atoms with Crippen molar-refractivity contribution < 1.29 is 13.2 Å². The molecule has 6 heteroatoms. The topological polar surface area (TPSA) is 57.7 Å². The molecule has 4 rings (SSSR count). The van der Waals surface area contributed by atoms with Crippen LogP contribution in [0.4, 0.5) is 5.69 Å². The first-order valence-electron chi connectivity index (χ1n) is 10.1. The summed E-state index contributed by atoms with van der Waals surface area (Å²) in [4.78, 5) is 15.8. The van der Waals surface area contributed by atoms with Crippen molar-refractivity contribution in [3.8, 4) is 0 Å². The van der Waals surface area contributed by atoms with Gasteiger partial charge in [0.2, 0.25) is 10.0 Å². The van der Waals surface area contributed by atoms with Gasteiger partial charge in [0.15, 0.2) is 5.78 Å². The van der Waals surface area contributed by atoms with Crippen LogP contribution < -0.4 is 4.90 Å². The highest BCUT2D eigenvalue weighted by atomic mass is 32.2. The molecule has 5 nitrogen and oxygen atoms in total. The Morgan fingerprint density at radius 2 is 1.52 bits per heavy atom. The number of para-hydroxylation sites is 1. The van der Waals surface area contributed by atoms with Crippen molar-refractivity contribution in [3.63, 3.8) is 0 Å². The molecule has 0 bridgehead atoms. The smallest absolute Gasteiger partial charge is 0.242 e. The Bertz CT molecular complexity index is 1230. The Balaban J connectivity index is 1.73. The van der Waals surface area contributed by atoms with E-state index in [0.717, 1.165) is 28.5 Å². The van der Waals surface area contributed by atoms with E-state index in [1.54, 1.807) is 12.1 Å².